The van der Waals surface area contributed by atoms with Gasteiger partial charge in [-0.2, -0.15) is 0 Å². The topological polar surface area (TPSA) is 156 Å². The first-order valence-corrected chi connectivity index (χ1v) is 12.9. The Balaban J connectivity index is 2.03. The number of hydrogen-bond acceptors (Lipinski definition) is 10. The number of nitrogens with two attached hydrogens (primary N) is 1. The molecule has 1 aliphatic heterocycles. The third-order valence-electron chi connectivity index (χ3n) is 5.62. The maximum absolute atomic E-state index is 13.1. The van der Waals surface area contributed by atoms with E-state index in [2.05, 4.69) is 5.32 Å². The Kier molecular flexibility index (Phi) is 9.27. The second-order valence-electron chi connectivity index (χ2n) is 8.16. The summed E-state index contributed by atoms with van der Waals surface area (Å²) in [5.74, 6) is -1.52. The maximum atomic E-state index is 13.1. The summed E-state index contributed by atoms with van der Waals surface area (Å²) in [4.78, 5) is 26.2. The minimum absolute atomic E-state index is 0.0228. The van der Waals surface area contributed by atoms with Crippen LogP contribution in [0.3, 0.4) is 0 Å². The van der Waals surface area contributed by atoms with E-state index in [0.717, 1.165) is 0 Å². The highest BCUT2D eigenvalue weighted by molar-refractivity contribution is 7.89. The number of allylic oxidation sites excluding steroid dienone is 2. The van der Waals surface area contributed by atoms with Crippen LogP contribution in [0.25, 0.3) is 11.3 Å². The molecular weight excluding hydrogens is 504 g/mol. The van der Waals surface area contributed by atoms with Crippen molar-refractivity contribution in [2.75, 3.05) is 40.6 Å². The van der Waals surface area contributed by atoms with E-state index < -0.39 is 27.9 Å². The number of carbonyl (C=O) groups excluding carboxylic acids is 2. The van der Waals surface area contributed by atoms with Crippen molar-refractivity contribution in [2.45, 2.75) is 24.7 Å². The molecule has 2 aromatic rings. The average molecular weight is 535 g/mol. The van der Waals surface area contributed by atoms with E-state index in [1.807, 2.05) is 0 Å². The van der Waals surface area contributed by atoms with Gasteiger partial charge < -0.3 is 28.7 Å². The van der Waals surface area contributed by atoms with Crippen molar-refractivity contribution < 1.29 is 41.4 Å². The van der Waals surface area contributed by atoms with Crippen LogP contribution >= 0.6 is 0 Å². The molecule has 0 bridgehead atoms. The van der Waals surface area contributed by atoms with Crippen LogP contribution in [0.5, 0.6) is 0 Å². The number of primary sulfonamides is 1. The first-order valence-electron chi connectivity index (χ1n) is 11.3. The fourth-order valence-electron chi connectivity index (χ4n) is 3.88. The van der Waals surface area contributed by atoms with Crippen LogP contribution < -0.4 is 10.5 Å². The van der Waals surface area contributed by atoms with Crippen molar-refractivity contribution in [2.24, 2.45) is 5.14 Å². The highest BCUT2D eigenvalue weighted by Gasteiger charge is 2.40. The highest BCUT2D eigenvalue weighted by Crippen LogP contribution is 2.41. The van der Waals surface area contributed by atoms with Gasteiger partial charge in [0.25, 0.3) is 0 Å². The summed E-state index contributed by atoms with van der Waals surface area (Å²) in [6, 6.07) is 9.13. The number of ether oxygens (including phenoxy) is 4. The Morgan fingerprint density at radius 3 is 1.84 bits per heavy atom. The maximum Gasteiger partial charge on any atom is 0.336 e. The van der Waals surface area contributed by atoms with Crippen molar-refractivity contribution in [3.8, 4) is 11.3 Å². The van der Waals surface area contributed by atoms with Crippen LogP contribution in [-0.2, 0) is 38.6 Å². The van der Waals surface area contributed by atoms with Gasteiger partial charge in [0.1, 0.15) is 24.7 Å². The van der Waals surface area contributed by atoms with Crippen molar-refractivity contribution in [1.29, 1.82) is 0 Å². The second kappa shape index (κ2) is 12.2. The summed E-state index contributed by atoms with van der Waals surface area (Å²) in [6.07, 6.45) is 0. The smallest absolute Gasteiger partial charge is 0.336 e. The van der Waals surface area contributed by atoms with Crippen LogP contribution in [-0.4, -0.2) is 61.0 Å². The number of furan rings is 1. The Morgan fingerprint density at radius 1 is 0.865 bits per heavy atom. The van der Waals surface area contributed by atoms with Gasteiger partial charge >= 0.3 is 11.9 Å². The SMILES string of the molecule is COCCOC(=O)C1=C(C)NC(C)=C(C(=O)OCCOC)C1c1ccc(-c2ccc(S(N)(=O)=O)cc2)o1. The number of methoxy groups -OCH3 is 2. The lowest BCUT2D eigenvalue weighted by Crippen LogP contribution is -2.33. The summed E-state index contributed by atoms with van der Waals surface area (Å²) in [6.45, 7) is 3.86. The van der Waals surface area contributed by atoms with Crippen molar-refractivity contribution in [1.82, 2.24) is 5.32 Å². The van der Waals surface area contributed by atoms with Gasteiger partial charge in [-0.15, -0.1) is 0 Å². The van der Waals surface area contributed by atoms with E-state index >= 15 is 0 Å². The van der Waals surface area contributed by atoms with Gasteiger partial charge in [-0.1, -0.05) is 0 Å². The molecule has 0 saturated heterocycles. The number of hydrogen-bond donors (Lipinski definition) is 2. The first-order chi connectivity index (χ1) is 17.6. The van der Waals surface area contributed by atoms with Crippen molar-refractivity contribution in [3.63, 3.8) is 0 Å². The minimum Gasteiger partial charge on any atom is -0.460 e. The fourth-order valence-corrected chi connectivity index (χ4v) is 4.40. The van der Waals surface area contributed by atoms with Gasteiger partial charge in [0.2, 0.25) is 10.0 Å². The summed E-state index contributed by atoms with van der Waals surface area (Å²) in [7, 11) is -0.870. The van der Waals surface area contributed by atoms with Crippen molar-refractivity contribution in [3.05, 3.63) is 64.7 Å². The molecule has 0 radical (unpaired) electrons. The Hall–Kier alpha value is -3.45. The molecule has 0 atom stereocenters. The van der Waals surface area contributed by atoms with E-state index in [9.17, 15) is 18.0 Å². The molecule has 2 heterocycles. The van der Waals surface area contributed by atoms with Gasteiger partial charge in [-0.05, 0) is 50.2 Å². The molecule has 0 spiro atoms. The van der Waals surface area contributed by atoms with E-state index in [1.54, 1.807) is 38.1 Å². The van der Waals surface area contributed by atoms with Crippen molar-refractivity contribution >= 4 is 22.0 Å². The summed E-state index contributed by atoms with van der Waals surface area (Å²) in [5.41, 5.74) is 1.93. The Morgan fingerprint density at radius 2 is 1.38 bits per heavy atom. The molecule has 3 N–H and O–H groups in total. The lowest BCUT2D eigenvalue weighted by Gasteiger charge is -2.29. The zero-order valence-corrected chi connectivity index (χ0v) is 21.8. The lowest BCUT2D eigenvalue weighted by atomic mass is 9.83. The first kappa shape index (κ1) is 28.1. The Bertz CT molecular complexity index is 1260. The number of sulfonamides is 1. The number of carbonyl (C=O) groups is 2. The molecule has 1 aliphatic rings. The van der Waals surface area contributed by atoms with Gasteiger partial charge in [-0.3, -0.25) is 0 Å². The van der Waals surface area contributed by atoms with E-state index in [-0.39, 0.29) is 42.5 Å². The largest absolute Gasteiger partial charge is 0.460 e. The number of benzene rings is 1. The molecule has 1 aromatic carbocycles. The predicted octanol–water partition coefficient (Wildman–Crippen LogP) is 2.21. The molecule has 0 amide bonds. The van der Waals surface area contributed by atoms with Crippen LogP contribution in [0.4, 0.5) is 0 Å². The number of rotatable bonds is 11. The third-order valence-corrected chi connectivity index (χ3v) is 6.55. The molecule has 0 saturated carbocycles. The minimum atomic E-state index is -3.85. The fraction of sp³-hybridized carbons (Fsp3) is 0.360. The van der Waals surface area contributed by atoms with Gasteiger partial charge in [0.15, 0.2) is 0 Å². The molecule has 200 valence electrons. The van der Waals surface area contributed by atoms with E-state index in [4.69, 9.17) is 28.5 Å². The summed E-state index contributed by atoms with van der Waals surface area (Å²) in [5, 5.41) is 8.24. The van der Waals surface area contributed by atoms with Crippen LogP contribution in [0.2, 0.25) is 0 Å². The van der Waals surface area contributed by atoms with Crippen LogP contribution in [0.15, 0.2) is 68.3 Å². The van der Waals surface area contributed by atoms with E-state index in [0.29, 0.717) is 28.5 Å². The Labute approximate surface area is 215 Å². The molecule has 37 heavy (non-hydrogen) atoms. The second-order valence-corrected chi connectivity index (χ2v) is 9.73. The summed E-state index contributed by atoms with van der Waals surface area (Å²) >= 11 is 0. The van der Waals surface area contributed by atoms with Crippen LogP contribution in [0, 0.1) is 0 Å². The standard InChI is InChI=1S/C25H30N2O9S/c1-15-21(24(28)34-13-11-32-3)23(22(16(2)27-15)25(29)35-14-12-33-4)20-10-9-19(36-20)17-5-7-18(8-6-17)37(26,30)31/h5-10,23,27H,11-14H2,1-4H3,(H2,26,30,31). The molecule has 12 heteroatoms. The summed E-state index contributed by atoms with van der Waals surface area (Å²) < 4.78 is 49.9. The quantitative estimate of drug-likeness (QED) is 0.324. The molecular formula is C25H30N2O9S. The molecule has 1 aromatic heterocycles. The molecule has 11 nitrogen and oxygen atoms in total. The number of esters is 2. The van der Waals surface area contributed by atoms with Crippen LogP contribution in [0.1, 0.15) is 25.5 Å². The number of nitrogens with one attached hydrogen (secondary N) is 1. The van der Waals surface area contributed by atoms with Gasteiger partial charge in [-0.25, -0.2) is 23.1 Å². The third kappa shape index (κ3) is 6.66. The zero-order valence-electron chi connectivity index (χ0n) is 21.0. The molecule has 0 unspecified atom stereocenters. The van der Waals surface area contributed by atoms with Gasteiger partial charge in [0, 0.05) is 31.2 Å². The molecule has 3 rings (SSSR count). The van der Waals surface area contributed by atoms with E-state index in [1.165, 1.54) is 26.4 Å². The average Bonchev–Trinajstić information content (AvgIpc) is 3.33. The zero-order chi connectivity index (χ0) is 27.2. The monoisotopic (exact) mass is 534 g/mol. The predicted molar refractivity (Wildman–Crippen MR) is 132 cm³/mol. The van der Waals surface area contributed by atoms with Gasteiger partial charge in [0.05, 0.1) is 35.2 Å². The lowest BCUT2D eigenvalue weighted by molar-refractivity contribution is -0.141. The number of dihydropyridines is 1. The highest BCUT2D eigenvalue weighted by atomic mass is 32.2. The normalized spacial score (nSPS) is 14.5. The molecule has 0 fully saturated rings. The molecule has 0 aliphatic carbocycles.